The first-order valence-corrected chi connectivity index (χ1v) is 9.03. The highest BCUT2D eigenvalue weighted by molar-refractivity contribution is 6.03. The lowest BCUT2D eigenvalue weighted by atomic mass is 9.95. The van der Waals surface area contributed by atoms with E-state index in [1.165, 1.54) is 16.0 Å². The number of methoxy groups -OCH3 is 2. The lowest BCUT2D eigenvalue weighted by molar-refractivity contribution is -0.140. The Morgan fingerprint density at radius 3 is 2.22 bits per heavy atom. The maximum atomic E-state index is 12.8. The number of benzene rings is 2. The second-order valence-corrected chi connectivity index (χ2v) is 7.11. The van der Waals surface area contributed by atoms with Crippen LogP contribution in [0, 0.1) is 19.8 Å². The van der Waals surface area contributed by atoms with Gasteiger partial charge in [0.25, 0.3) is 0 Å². The molecule has 5 heteroatoms. The summed E-state index contributed by atoms with van der Waals surface area (Å²) in [6.45, 7) is 4.34. The number of carbonyl (C=O) groups is 2. The van der Waals surface area contributed by atoms with Crippen LogP contribution in [0.15, 0.2) is 36.4 Å². The largest absolute Gasteiger partial charge is 0.493 e. The molecular weight excluding hydrogens is 342 g/mol. The standard InChI is InChI=1S/C22H25NO4/c1-14-7-15(2)9-17(8-14)10-18-12-21(24)23(22(18)25)13-16-5-6-19(26-3)20(11-16)27-4/h5-9,11,18H,10,12-13H2,1-4H3/t18-/m1/s1. The predicted octanol–water partition coefficient (Wildman–Crippen LogP) is 3.44. The summed E-state index contributed by atoms with van der Waals surface area (Å²) in [4.78, 5) is 26.6. The first-order chi connectivity index (χ1) is 12.9. The fourth-order valence-corrected chi connectivity index (χ4v) is 3.71. The van der Waals surface area contributed by atoms with Gasteiger partial charge >= 0.3 is 0 Å². The molecule has 1 saturated heterocycles. The van der Waals surface area contributed by atoms with Crippen molar-refractivity contribution in [2.24, 2.45) is 5.92 Å². The van der Waals surface area contributed by atoms with Gasteiger partial charge in [0.15, 0.2) is 11.5 Å². The molecule has 1 heterocycles. The molecule has 0 radical (unpaired) electrons. The van der Waals surface area contributed by atoms with Gasteiger partial charge in [-0.25, -0.2) is 0 Å². The fraction of sp³-hybridized carbons (Fsp3) is 0.364. The molecule has 0 saturated carbocycles. The molecular formula is C22H25NO4. The quantitative estimate of drug-likeness (QED) is 0.734. The molecule has 27 heavy (non-hydrogen) atoms. The molecule has 3 rings (SSSR count). The fourth-order valence-electron chi connectivity index (χ4n) is 3.71. The molecule has 1 aliphatic heterocycles. The molecule has 0 aliphatic carbocycles. The van der Waals surface area contributed by atoms with Gasteiger partial charge in [-0.15, -0.1) is 0 Å². The normalized spacial score (nSPS) is 16.7. The number of nitrogens with zero attached hydrogens (tertiary/aromatic N) is 1. The van der Waals surface area contributed by atoms with Crippen molar-refractivity contribution in [3.63, 3.8) is 0 Å². The first kappa shape index (κ1) is 19.0. The summed E-state index contributed by atoms with van der Waals surface area (Å²) in [5.41, 5.74) is 4.28. The Morgan fingerprint density at radius 1 is 0.926 bits per heavy atom. The van der Waals surface area contributed by atoms with Gasteiger partial charge in [-0.05, 0) is 43.5 Å². The van der Waals surface area contributed by atoms with Crippen LogP contribution in [0.2, 0.25) is 0 Å². The molecule has 142 valence electrons. The van der Waals surface area contributed by atoms with Gasteiger partial charge in [-0.1, -0.05) is 35.4 Å². The maximum Gasteiger partial charge on any atom is 0.233 e. The minimum atomic E-state index is -0.293. The van der Waals surface area contributed by atoms with Crippen LogP contribution in [-0.4, -0.2) is 30.9 Å². The maximum absolute atomic E-state index is 12.8. The molecule has 0 bridgehead atoms. The summed E-state index contributed by atoms with van der Waals surface area (Å²) < 4.78 is 10.5. The molecule has 2 aromatic rings. The molecule has 0 unspecified atom stereocenters. The van der Waals surface area contributed by atoms with Crippen LogP contribution in [-0.2, 0) is 22.6 Å². The number of amides is 2. The van der Waals surface area contributed by atoms with E-state index in [-0.39, 0.29) is 30.7 Å². The van der Waals surface area contributed by atoms with Crippen LogP contribution < -0.4 is 9.47 Å². The predicted molar refractivity (Wildman–Crippen MR) is 103 cm³/mol. The van der Waals surface area contributed by atoms with E-state index in [0.29, 0.717) is 17.9 Å². The Bertz CT molecular complexity index is 854. The van der Waals surface area contributed by atoms with E-state index in [2.05, 4.69) is 18.2 Å². The third-order valence-corrected chi connectivity index (χ3v) is 4.89. The van der Waals surface area contributed by atoms with Gasteiger partial charge in [0.2, 0.25) is 11.8 Å². The summed E-state index contributed by atoms with van der Waals surface area (Å²) in [5.74, 6) is 0.686. The summed E-state index contributed by atoms with van der Waals surface area (Å²) in [7, 11) is 3.14. The zero-order valence-electron chi connectivity index (χ0n) is 16.2. The van der Waals surface area contributed by atoms with Crippen molar-refractivity contribution in [2.75, 3.05) is 14.2 Å². The van der Waals surface area contributed by atoms with Crippen molar-refractivity contribution in [1.82, 2.24) is 4.90 Å². The number of ether oxygens (including phenoxy) is 2. The van der Waals surface area contributed by atoms with E-state index in [1.54, 1.807) is 26.4 Å². The van der Waals surface area contributed by atoms with Crippen molar-refractivity contribution in [1.29, 1.82) is 0 Å². The third kappa shape index (κ3) is 4.13. The zero-order valence-corrected chi connectivity index (χ0v) is 16.2. The molecule has 2 amide bonds. The van der Waals surface area contributed by atoms with Gasteiger partial charge < -0.3 is 9.47 Å². The van der Waals surface area contributed by atoms with Gasteiger partial charge in [0.1, 0.15) is 0 Å². The summed E-state index contributed by atoms with van der Waals surface area (Å²) >= 11 is 0. The van der Waals surface area contributed by atoms with E-state index in [1.807, 2.05) is 19.9 Å². The van der Waals surface area contributed by atoms with Crippen LogP contribution in [0.25, 0.3) is 0 Å². The Labute approximate surface area is 159 Å². The van der Waals surface area contributed by atoms with Crippen molar-refractivity contribution < 1.29 is 19.1 Å². The molecule has 1 atom stereocenters. The highest BCUT2D eigenvalue weighted by Gasteiger charge is 2.38. The average molecular weight is 367 g/mol. The summed E-state index contributed by atoms with van der Waals surface area (Å²) in [5, 5.41) is 0. The molecule has 5 nitrogen and oxygen atoms in total. The van der Waals surface area contributed by atoms with Crippen molar-refractivity contribution in [2.45, 2.75) is 33.2 Å². The van der Waals surface area contributed by atoms with Gasteiger partial charge in [-0.2, -0.15) is 0 Å². The molecule has 0 N–H and O–H groups in total. The minimum Gasteiger partial charge on any atom is -0.493 e. The second kappa shape index (κ2) is 7.82. The average Bonchev–Trinajstić information content (AvgIpc) is 2.88. The topological polar surface area (TPSA) is 55.8 Å². The van der Waals surface area contributed by atoms with E-state index < -0.39 is 0 Å². The van der Waals surface area contributed by atoms with Crippen LogP contribution in [0.5, 0.6) is 11.5 Å². The second-order valence-electron chi connectivity index (χ2n) is 7.11. The van der Waals surface area contributed by atoms with Gasteiger partial charge in [0.05, 0.1) is 26.7 Å². The summed E-state index contributed by atoms with van der Waals surface area (Å²) in [6.07, 6.45) is 0.856. The summed E-state index contributed by atoms with van der Waals surface area (Å²) in [6, 6.07) is 11.7. The number of rotatable bonds is 6. The van der Waals surface area contributed by atoms with Crippen molar-refractivity contribution in [3.8, 4) is 11.5 Å². The molecule has 0 aromatic heterocycles. The number of carbonyl (C=O) groups excluding carboxylic acids is 2. The van der Waals surface area contributed by atoms with Crippen molar-refractivity contribution >= 4 is 11.8 Å². The SMILES string of the molecule is COc1ccc(CN2C(=O)C[C@@H](Cc3cc(C)cc(C)c3)C2=O)cc1OC. The third-order valence-electron chi connectivity index (χ3n) is 4.89. The molecule has 2 aromatic carbocycles. The Morgan fingerprint density at radius 2 is 1.59 bits per heavy atom. The van der Waals surface area contributed by atoms with E-state index in [4.69, 9.17) is 9.47 Å². The molecule has 1 fully saturated rings. The number of aryl methyl sites for hydroxylation is 2. The van der Waals surface area contributed by atoms with Gasteiger partial charge in [-0.3, -0.25) is 14.5 Å². The van der Waals surface area contributed by atoms with Gasteiger partial charge in [0, 0.05) is 6.42 Å². The Balaban J connectivity index is 1.74. The lowest BCUT2D eigenvalue weighted by Crippen LogP contribution is -2.30. The number of likely N-dealkylation sites (tertiary alicyclic amines) is 1. The van der Waals surface area contributed by atoms with Crippen LogP contribution in [0.1, 0.15) is 28.7 Å². The Hall–Kier alpha value is -2.82. The van der Waals surface area contributed by atoms with Crippen molar-refractivity contribution in [3.05, 3.63) is 58.7 Å². The first-order valence-electron chi connectivity index (χ1n) is 9.03. The zero-order chi connectivity index (χ0) is 19.6. The van der Waals surface area contributed by atoms with Crippen LogP contribution in [0.4, 0.5) is 0 Å². The van der Waals surface area contributed by atoms with E-state index in [0.717, 1.165) is 11.1 Å². The molecule has 0 spiro atoms. The smallest absolute Gasteiger partial charge is 0.233 e. The van der Waals surface area contributed by atoms with Crippen LogP contribution in [0.3, 0.4) is 0 Å². The number of hydrogen-bond acceptors (Lipinski definition) is 4. The van der Waals surface area contributed by atoms with E-state index in [9.17, 15) is 9.59 Å². The highest BCUT2D eigenvalue weighted by Crippen LogP contribution is 2.30. The minimum absolute atomic E-state index is 0.103. The molecule has 1 aliphatic rings. The Kier molecular flexibility index (Phi) is 5.49. The number of imide groups is 1. The highest BCUT2D eigenvalue weighted by atomic mass is 16.5. The lowest BCUT2D eigenvalue weighted by Gasteiger charge is -2.17. The van der Waals surface area contributed by atoms with Crippen LogP contribution >= 0.6 is 0 Å². The van der Waals surface area contributed by atoms with E-state index >= 15 is 0 Å². The number of hydrogen-bond donors (Lipinski definition) is 0. The monoisotopic (exact) mass is 367 g/mol.